The van der Waals surface area contributed by atoms with E-state index in [9.17, 15) is 0 Å². The fourth-order valence-electron chi connectivity index (χ4n) is 1.87. The molecule has 0 atom stereocenters. The molecule has 0 amide bonds. The van der Waals surface area contributed by atoms with Gasteiger partial charge in [0.2, 0.25) is 0 Å². The Balaban J connectivity index is 2.16. The van der Waals surface area contributed by atoms with Gasteiger partial charge in [0.15, 0.2) is 6.29 Å². The highest BCUT2D eigenvalue weighted by atomic mass is 16.7. The van der Waals surface area contributed by atoms with Crippen LogP contribution in [-0.2, 0) is 9.47 Å². The van der Waals surface area contributed by atoms with Gasteiger partial charge in [0.25, 0.3) is 0 Å². The van der Waals surface area contributed by atoms with Gasteiger partial charge in [-0.05, 0) is 25.2 Å². The van der Waals surface area contributed by atoms with Crippen molar-refractivity contribution in [2.45, 2.75) is 12.3 Å². The maximum absolute atomic E-state index is 5.69. The van der Waals surface area contributed by atoms with Crippen LogP contribution in [-0.4, -0.2) is 40.5 Å². The highest BCUT2D eigenvalue weighted by Crippen LogP contribution is 2.33. The zero-order valence-electron chi connectivity index (χ0n) is 10.9. The molecule has 2 rings (SSSR count). The maximum atomic E-state index is 5.69. The Labute approximate surface area is 107 Å². The van der Waals surface area contributed by atoms with Crippen molar-refractivity contribution in [1.82, 2.24) is 5.32 Å². The molecular formula is C13H19NO4. The number of hydrogen-bond acceptors (Lipinski definition) is 5. The van der Waals surface area contributed by atoms with Crippen LogP contribution in [0.4, 0.5) is 0 Å². The number of hydrogen-bond donors (Lipinski definition) is 1. The molecule has 0 radical (unpaired) electrons. The summed E-state index contributed by atoms with van der Waals surface area (Å²) >= 11 is 0. The molecule has 0 saturated carbocycles. The van der Waals surface area contributed by atoms with E-state index in [0.29, 0.717) is 13.2 Å². The number of rotatable bonds is 4. The molecule has 1 N–H and O–H groups in total. The average Bonchev–Trinajstić information content (AvgIpc) is 2.46. The van der Waals surface area contributed by atoms with Crippen molar-refractivity contribution in [2.24, 2.45) is 0 Å². The number of nitrogens with one attached hydrogen (secondary N) is 1. The lowest BCUT2D eigenvalue weighted by molar-refractivity contribution is -0.194. The molecule has 1 aromatic carbocycles. The first-order valence-corrected chi connectivity index (χ1v) is 5.91. The molecule has 0 aliphatic carbocycles. The normalized spacial score (nSPS) is 23.7. The predicted molar refractivity (Wildman–Crippen MR) is 67.0 cm³/mol. The van der Waals surface area contributed by atoms with Crippen molar-refractivity contribution in [1.29, 1.82) is 0 Å². The molecule has 1 heterocycles. The maximum Gasteiger partial charge on any atom is 0.187 e. The van der Waals surface area contributed by atoms with Crippen LogP contribution in [0.1, 0.15) is 11.9 Å². The van der Waals surface area contributed by atoms with Crippen molar-refractivity contribution in [3.63, 3.8) is 0 Å². The second-order valence-electron chi connectivity index (χ2n) is 4.09. The van der Waals surface area contributed by atoms with Crippen molar-refractivity contribution in [2.75, 3.05) is 34.5 Å². The predicted octanol–water partition coefficient (Wildman–Crippen LogP) is 1.34. The lowest BCUT2D eigenvalue weighted by Gasteiger charge is -2.30. The number of likely N-dealkylation sites (N-methyl/N-ethyl adjacent to an activating group) is 1. The van der Waals surface area contributed by atoms with Gasteiger partial charge in [-0.25, -0.2) is 0 Å². The van der Waals surface area contributed by atoms with Gasteiger partial charge in [-0.15, -0.1) is 0 Å². The lowest BCUT2D eigenvalue weighted by atomic mass is 10.1. The molecule has 1 aromatic rings. The van der Waals surface area contributed by atoms with E-state index in [1.54, 1.807) is 14.2 Å². The molecule has 1 fully saturated rings. The fourth-order valence-corrected chi connectivity index (χ4v) is 1.87. The van der Waals surface area contributed by atoms with Crippen molar-refractivity contribution < 1.29 is 18.9 Å². The first kappa shape index (κ1) is 13.1. The van der Waals surface area contributed by atoms with Gasteiger partial charge in [0.1, 0.15) is 11.5 Å². The van der Waals surface area contributed by atoms with Gasteiger partial charge in [0.05, 0.1) is 39.0 Å². The lowest BCUT2D eigenvalue weighted by Crippen LogP contribution is -2.40. The highest BCUT2D eigenvalue weighted by Gasteiger charge is 2.25. The van der Waals surface area contributed by atoms with Crippen LogP contribution in [0.5, 0.6) is 11.5 Å². The largest absolute Gasteiger partial charge is 0.497 e. The Bertz CT molecular complexity index is 389. The zero-order chi connectivity index (χ0) is 13.0. The zero-order valence-corrected chi connectivity index (χ0v) is 10.9. The van der Waals surface area contributed by atoms with E-state index in [1.165, 1.54) is 0 Å². The Morgan fingerprint density at radius 3 is 2.44 bits per heavy atom. The summed E-state index contributed by atoms with van der Waals surface area (Å²) in [6.07, 6.45) is -0.403. The Morgan fingerprint density at radius 2 is 1.89 bits per heavy atom. The average molecular weight is 253 g/mol. The van der Waals surface area contributed by atoms with Crippen molar-refractivity contribution in [3.05, 3.63) is 23.8 Å². The summed E-state index contributed by atoms with van der Waals surface area (Å²) in [5, 5.41) is 3.12. The van der Waals surface area contributed by atoms with Gasteiger partial charge >= 0.3 is 0 Å². The standard InChI is InChI=1S/C13H19NO4/c1-14-9-7-17-13(18-8-9)11-6-10(15-2)4-5-12(11)16-3/h4-6,9,13-14H,7-8H2,1-3H3. The molecule has 5 nitrogen and oxygen atoms in total. The second kappa shape index (κ2) is 6.04. The van der Waals surface area contributed by atoms with Crippen LogP contribution in [0.2, 0.25) is 0 Å². The third-order valence-electron chi connectivity index (χ3n) is 3.00. The number of ether oxygens (including phenoxy) is 4. The van der Waals surface area contributed by atoms with E-state index in [1.807, 2.05) is 25.2 Å². The van der Waals surface area contributed by atoms with Gasteiger partial charge in [-0.2, -0.15) is 0 Å². The quantitative estimate of drug-likeness (QED) is 0.877. The number of methoxy groups -OCH3 is 2. The summed E-state index contributed by atoms with van der Waals surface area (Å²) in [4.78, 5) is 0. The third-order valence-corrected chi connectivity index (χ3v) is 3.00. The molecule has 0 unspecified atom stereocenters. The molecule has 0 bridgehead atoms. The van der Waals surface area contributed by atoms with Gasteiger partial charge in [-0.3, -0.25) is 0 Å². The van der Waals surface area contributed by atoms with Crippen LogP contribution in [0.25, 0.3) is 0 Å². The molecule has 18 heavy (non-hydrogen) atoms. The smallest absolute Gasteiger partial charge is 0.187 e. The van der Waals surface area contributed by atoms with Crippen molar-refractivity contribution in [3.8, 4) is 11.5 Å². The Kier molecular flexibility index (Phi) is 4.41. The fraction of sp³-hybridized carbons (Fsp3) is 0.538. The summed E-state index contributed by atoms with van der Waals surface area (Å²) in [7, 11) is 5.15. The molecule has 1 aliphatic heterocycles. The first-order valence-electron chi connectivity index (χ1n) is 5.91. The topological polar surface area (TPSA) is 49.0 Å². The van der Waals surface area contributed by atoms with Gasteiger partial charge in [-0.1, -0.05) is 0 Å². The van der Waals surface area contributed by atoms with Crippen LogP contribution in [0.15, 0.2) is 18.2 Å². The van der Waals surface area contributed by atoms with Crippen LogP contribution >= 0.6 is 0 Å². The van der Waals surface area contributed by atoms with E-state index in [-0.39, 0.29) is 6.04 Å². The molecule has 1 aliphatic rings. The second-order valence-corrected chi connectivity index (χ2v) is 4.09. The molecule has 1 saturated heterocycles. The van der Waals surface area contributed by atoms with Crippen LogP contribution in [0.3, 0.4) is 0 Å². The van der Waals surface area contributed by atoms with Crippen LogP contribution in [0, 0.1) is 0 Å². The first-order chi connectivity index (χ1) is 8.78. The minimum Gasteiger partial charge on any atom is -0.497 e. The van der Waals surface area contributed by atoms with E-state index >= 15 is 0 Å². The summed E-state index contributed by atoms with van der Waals surface area (Å²) < 4.78 is 21.9. The van der Waals surface area contributed by atoms with Gasteiger partial charge in [0, 0.05) is 0 Å². The van der Waals surface area contributed by atoms with E-state index < -0.39 is 6.29 Å². The highest BCUT2D eigenvalue weighted by molar-refractivity contribution is 5.41. The van der Waals surface area contributed by atoms with Crippen LogP contribution < -0.4 is 14.8 Å². The summed E-state index contributed by atoms with van der Waals surface area (Å²) in [5.41, 5.74) is 0.853. The minimum absolute atomic E-state index is 0.234. The Hall–Kier alpha value is -1.30. The summed E-state index contributed by atoms with van der Waals surface area (Å²) in [6.45, 7) is 1.23. The SMILES string of the molecule is CNC1COC(c2cc(OC)ccc2OC)OC1. The monoisotopic (exact) mass is 253 g/mol. The molecule has 5 heteroatoms. The summed E-state index contributed by atoms with van der Waals surface area (Å²) in [5.74, 6) is 1.50. The number of benzene rings is 1. The van der Waals surface area contributed by atoms with E-state index in [0.717, 1.165) is 17.1 Å². The van der Waals surface area contributed by atoms with E-state index in [4.69, 9.17) is 18.9 Å². The molecule has 0 spiro atoms. The molecule has 100 valence electrons. The van der Waals surface area contributed by atoms with E-state index in [2.05, 4.69) is 5.32 Å². The minimum atomic E-state index is -0.403. The Morgan fingerprint density at radius 1 is 1.17 bits per heavy atom. The summed E-state index contributed by atoms with van der Waals surface area (Å²) in [6, 6.07) is 5.81. The third kappa shape index (κ3) is 2.75. The molecular weight excluding hydrogens is 234 g/mol. The van der Waals surface area contributed by atoms with Crippen molar-refractivity contribution >= 4 is 0 Å². The van der Waals surface area contributed by atoms with Gasteiger partial charge < -0.3 is 24.3 Å². The molecule has 0 aromatic heterocycles.